The minimum atomic E-state index is -3.59. The highest BCUT2D eigenvalue weighted by atomic mass is 32.2. The van der Waals surface area contributed by atoms with Crippen LogP contribution in [0.25, 0.3) is 0 Å². The normalized spacial score (nSPS) is 15.4. The van der Waals surface area contributed by atoms with Crippen LogP contribution in [0.3, 0.4) is 0 Å². The quantitative estimate of drug-likeness (QED) is 0.575. The summed E-state index contributed by atoms with van der Waals surface area (Å²) < 4.78 is 37.2. The first-order chi connectivity index (χ1) is 11.9. The van der Waals surface area contributed by atoms with Gasteiger partial charge in [0.1, 0.15) is 18.1 Å². The highest BCUT2D eigenvalue weighted by Crippen LogP contribution is 2.25. The van der Waals surface area contributed by atoms with Gasteiger partial charge in [0.25, 0.3) is 15.7 Å². The molecule has 1 aromatic carbocycles. The first kappa shape index (κ1) is 17.4. The number of benzene rings is 1. The van der Waals surface area contributed by atoms with E-state index >= 15 is 0 Å². The summed E-state index contributed by atoms with van der Waals surface area (Å²) >= 11 is 0. The fraction of sp³-hybridized carbons (Fsp3) is 0.375. The van der Waals surface area contributed by atoms with Gasteiger partial charge in [-0.05, 0) is 44.0 Å². The van der Waals surface area contributed by atoms with E-state index in [-0.39, 0.29) is 17.4 Å². The highest BCUT2D eigenvalue weighted by Gasteiger charge is 2.29. The fourth-order valence-corrected chi connectivity index (χ4v) is 4.15. The molecule has 0 N–H and O–H groups in total. The van der Waals surface area contributed by atoms with E-state index in [0.29, 0.717) is 30.2 Å². The van der Waals surface area contributed by atoms with Gasteiger partial charge in [-0.1, -0.05) is 0 Å². The van der Waals surface area contributed by atoms with Crippen LogP contribution in [-0.4, -0.2) is 30.7 Å². The molecule has 1 aromatic heterocycles. The molecule has 0 amide bonds. The molecule has 1 saturated heterocycles. The van der Waals surface area contributed by atoms with Gasteiger partial charge >= 0.3 is 0 Å². The van der Waals surface area contributed by atoms with Gasteiger partial charge in [-0.25, -0.2) is 8.42 Å². The van der Waals surface area contributed by atoms with E-state index < -0.39 is 14.9 Å². The van der Waals surface area contributed by atoms with Crippen LogP contribution in [0, 0.1) is 17.0 Å². The molecular formula is C16H18N2O6S. The molecule has 0 spiro atoms. The Balaban J connectivity index is 1.68. The van der Waals surface area contributed by atoms with Gasteiger partial charge in [-0.15, -0.1) is 0 Å². The molecule has 0 bridgehead atoms. The van der Waals surface area contributed by atoms with E-state index in [9.17, 15) is 18.5 Å². The third-order valence-electron chi connectivity index (χ3n) is 4.04. The van der Waals surface area contributed by atoms with Crippen LogP contribution >= 0.6 is 0 Å². The van der Waals surface area contributed by atoms with E-state index in [1.165, 1.54) is 22.5 Å². The Morgan fingerprint density at radius 3 is 2.60 bits per heavy atom. The predicted octanol–water partition coefficient (Wildman–Crippen LogP) is 2.86. The monoisotopic (exact) mass is 366 g/mol. The van der Waals surface area contributed by atoms with E-state index in [2.05, 4.69) is 0 Å². The van der Waals surface area contributed by atoms with Crippen LogP contribution in [0.2, 0.25) is 0 Å². The van der Waals surface area contributed by atoms with Crippen LogP contribution < -0.4 is 4.74 Å². The number of sulfonamides is 1. The molecule has 0 aliphatic carbocycles. The zero-order valence-corrected chi connectivity index (χ0v) is 14.5. The summed E-state index contributed by atoms with van der Waals surface area (Å²) in [6.45, 7) is 2.68. The van der Waals surface area contributed by atoms with Gasteiger partial charge < -0.3 is 9.15 Å². The summed E-state index contributed by atoms with van der Waals surface area (Å²) in [6.07, 6.45) is 1.71. The van der Waals surface area contributed by atoms with Gasteiger partial charge in [0, 0.05) is 24.7 Å². The summed E-state index contributed by atoms with van der Waals surface area (Å²) in [5.74, 6) is 0.817. The van der Waals surface area contributed by atoms with Gasteiger partial charge in [-0.3, -0.25) is 10.1 Å². The number of ether oxygens (including phenoxy) is 1. The second kappa shape index (κ2) is 6.85. The number of nitro benzene ring substituents is 1. The van der Waals surface area contributed by atoms with E-state index in [1.807, 2.05) is 0 Å². The lowest BCUT2D eigenvalue weighted by Crippen LogP contribution is -2.27. The number of hydrogen-bond donors (Lipinski definition) is 0. The highest BCUT2D eigenvalue weighted by molar-refractivity contribution is 7.89. The summed E-state index contributed by atoms with van der Waals surface area (Å²) in [4.78, 5) is 10.3. The SMILES string of the molecule is Cc1cc(OCc2ccc(S(=O)(=O)N3CCCC3)o2)ccc1[N+](=O)[O-]. The van der Waals surface area contributed by atoms with Crippen LogP contribution in [0.4, 0.5) is 5.69 Å². The molecule has 1 aliphatic rings. The summed E-state index contributed by atoms with van der Waals surface area (Å²) in [6, 6.07) is 7.41. The zero-order chi connectivity index (χ0) is 18.0. The average molecular weight is 366 g/mol. The second-order valence-electron chi connectivity index (χ2n) is 5.83. The lowest BCUT2D eigenvalue weighted by molar-refractivity contribution is -0.385. The maximum atomic E-state index is 12.4. The Labute approximate surface area is 145 Å². The second-order valence-corrected chi connectivity index (χ2v) is 7.69. The van der Waals surface area contributed by atoms with Gasteiger partial charge in [0.05, 0.1) is 4.92 Å². The molecule has 2 heterocycles. The average Bonchev–Trinajstić information content (AvgIpc) is 3.24. The molecule has 2 aromatic rings. The van der Waals surface area contributed by atoms with Crippen molar-refractivity contribution in [3.05, 3.63) is 51.8 Å². The Kier molecular flexibility index (Phi) is 4.78. The van der Waals surface area contributed by atoms with E-state index in [1.54, 1.807) is 19.1 Å². The van der Waals surface area contributed by atoms with Crippen molar-refractivity contribution in [2.75, 3.05) is 13.1 Å². The number of furan rings is 1. The topological polar surface area (TPSA) is 103 Å². The first-order valence-corrected chi connectivity index (χ1v) is 9.28. The number of rotatable bonds is 6. The number of aryl methyl sites for hydroxylation is 1. The maximum absolute atomic E-state index is 12.4. The van der Waals surface area contributed by atoms with Crippen molar-refractivity contribution in [1.29, 1.82) is 0 Å². The molecular weight excluding hydrogens is 348 g/mol. The molecule has 0 radical (unpaired) electrons. The summed E-state index contributed by atoms with van der Waals surface area (Å²) in [5, 5.41) is 10.7. The molecule has 0 saturated carbocycles. The minimum absolute atomic E-state index is 0.0179. The number of nitro groups is 1. The van der Waals surface area contributed by atoms with Crippen molar-refractivity contribution in [3.63, 3.8) is 0 Å². The van der Waals surface area contributed by atoms with Gasteiger partial charge in [-0.2, -0.15) is 4.31 Å². The van der Waals surface area contributed by atoms with E-state index in [0.717, 1.165) is 12.8 Å². The third kappa shape index (κ3) is 3.67. The lowest BCUT2D eigenvalue weighted by atomic mass is 10.2. The van der Waals surface area contributed by atoms with Crippen molar-refractivity contribution in [1.82, 2.24) is 4.31 Å². The molecule has 25 heavy (non-hydrogen) atoms. The van der Waals surface area contributed by atoms with Crippen molar-refractivity contribution in [3.8, 4) is 5.75 Å². The Morgan fingerprint density at radius 1 is 1.24 bits per heavy atom. The van der Waals surface area contributed by atoms with Crippen molar-refractivity contribution < 1.29 is 22.5 Å². The Morgan fingerprint density at radius 2 is 1.96 bits per heavy atom. The molecule has 9 heteroatoms. The largest absolute Gasteiger partial charge is 0.486 e. The Hall–Kier alpha value is -2.39. The minimum Gasteiger partial charge on any atom is -0.486 e. The summed E-state index contributed by atoms with van der Waals surface area (Å²) in [5.41, 5.74) is 0.503. The molecule has 134 valence electrons. The summed E-state index contributed by atoms with van der Waals surface area (Å²) in [7, 11) is -3.59. The fourth-order valence-electron chi connectivity index (χ4n) is 2.71. The number of nitrogens with zero attached hydrogens (tertiary/aromatic N) is 2. The zero-order valence-electron chi connectivity index (χ0n) is 13.7. The van der Waals surface area contributed by atoms with Crippen LogP contribution in [-0.2, 0) is 16.6 Å². The van der Waals surface area contributed by atoms with Crippen molar-refractivity contribution in [2.45, 2.75) is 31.5 Å². The number of hydrogen-bond acceptors (Lipinski definition) is 6. The van der Waals surface area contributed by atoms with Crippen LogP contribution in [0.15, 0.2) is 39.8 Å². The molecule has 3 rings (SSSR count). The smallest absolute Gasteiger partial charge is 0.276 e. The molecule has 1 aliphatic heterocycles. The molecule has 8 nitrogen and oxygen atoms in total. The Bertz CT molecular complexity index is 884. The van der Waals surface area contributed by atoms with Crippen molar-refractivity contribution >= 4 is 15.7 Å². The predicted molar refractivity (Wildman–Crippen MR) is 88.9 cm³/mol. The van der Waals surface area contributed by atoms with Gasteiger partial charge in [0.15, 0.2) is 0 Å². The molecule has 0 unspecified atom stereocenters. The van der Waals surface area contributed by atoms with Gasteiger partial charge in [0.2, 0.25) is 5.09 Å². The third-order valence-corrected chi connectivity index (χ3v) is 5.82. The standard InChI is InChI=1S/C16H18N2O6S/c1-12-10-13(4-6-15(12)18(19)20)23-11-14-5-7-16(24-14)25(21,22)17-8-2-3-9-17/h4-7,10H,2-3,8-9,11H2,1H3. The van der Waals surface area contributed by atoms with E-state index in [4.69, 9.17) is 9.15 Å². The van der Waals surface area contributed by atoms with Crippen LogP contribution in [0.5, 0.6) is 5.75 Å². The lowest BCUT2D eigenvalue weighted by Gasteiger charge is -2.12. The molecule has 1 fully saturated rings. The maximum Gasteiger partial charge on any atom is 0.276 e. The molecule has 0 atom stereocenters. The van der Waals surface area contributed by atoms with Crippen molar-refractivity contribution in [2.24, 2.45) is 0 Å². The first-order valence-electron chi connectivity index (χ1n) is 7.84. The van der Waals surface area contributed by atoms with Crippen LogP contribution in [0.1, 0.15) is 24.2 Å².